The second kappa shape index (κ2) is 5.99. The highest BCUT2D eigenvalue weighted by Crippen LogP contribution is 2.36. The maximum atomic E-state index is 5.62. The predicted octanol–water partition coefficient (Wildman–Crippen LogP) is 2.20. The number of hydrogen-bond donors (Lipinski definition) is 1. The van der Waals surface area contributed by atoms with Crippen LogP contribution in [0.15, 0.2) is 0 Å². The molecule has 0 heterocycles. The molecule has 0 radical (unpaired) electrons. The van der Waals surface area contributed by atoms with Crippen molar-refractivity contribution in [2.45, 2.75) is 57.3 Å². The molecule has 16 heavy (non-hydrogen) atoms. The summed E-state index contributed by atoms with van der Waals surface area (Å²) in [7, 11) is 5.64. The molecule has 1 fully saturated rings. The van der Waals surface area contributed by atoms with Crippen LogP contribution >= 0.6 is 0 Å². The minimum atomic E-state index is -0.0308. The van der Waals surface area contributed by atoms with Crippen molar-refractivity contribution < 1.29 is 9.47 Å². The molecule has 0 saturated heterocycles. The Labute approximate surface area is 99.9 Å². The number of hydrogen-bond acceptors (Lipinski definition) is 3. The van der Waals surface area contributed by atoms with E-state index in [1.807, 2.05) is 14.2 Å². The number of methoxy groups -OCH3 is 2. The summed E-state index contributed by atoms with van der Waals surface area (Å²) < 4.78 is 11.1. The van der Waals surface area contributed by atoms with Gasteiger partial charge < -0.3 is 14.8 Å². The Balaban J connectivity index is 2.41. The lowest BCUT2D eigenvalue weighted by Crippen LogP contribution is -2.41. The van der Waals surface area contributed by atoms with Crippen molar-refractivity contribution in [3.8, 4) is 0 Å². The molecule has 1 aliphatic carbocycles. The van der Waals surface area contributed by atoms with Gasteiger partial charge in [0.05, 0.1) is 11.7 Å². The SMILES string of the molecule is CNC(CCC(C)(C)OC)C(OC)C1CC1. The maximum absolute atomic E-state index is 5.62. The van der Waals surface area contributed by atoms with E-state index in [9.17, 15) is 0 Å². The Morgan fingerprint density at radius 3 is 2.31 bits per heavy atom. The fourth-order valence-electron chi connectivity index (χ4n) is 2.19. The number of rotatable bonds is 8. The van der Waals surface area contributed by atoms with E-state index in [4.69, 9.17) is 9.47 Å². The Morgan fingerprint density at radius 2 is 1.94 bits per heavy atom. The molecule has 0 amide bonds. The van der Waals surface area contributed by atoms with Crippen molar-refractivity contribution in [1.82, 2.24) is 5.32 Å². The fourth-order valence-corrected chi connectivity index (χ4v) is 2.19. The molecule has 2 atom stereocenters. The first-order valence-electron chi connectivity index (χ1n) is 6.29. The zero-order valence-electron chi connectivity index (χ0n) is 11.4. The molecular formula is C13H27NO2. The summed E-state index contributed by atoms with van der Waals surface area (Å²) in [5.74, 6) is 0.771. The molecular weight excluding hydrogens is 202 g/mol. The summed E-state index contributed by atoms with van der Waals surface area (Å²) in [5.41, 5.74) is -0.0308. The van der Waals surface area contributed by atoms with E-state index in [0.717, 1.165) is 18.8 Å². The van der Waals surface area contributed by atoms with E-state index in [2.05, 4.69) is 19.2 Å². The first kappa shape index (κ1) is 13.9. The van der Waals surface area contributed by atoms with E-state index in [1.54, 1.807) is 7.11 Å². The fraction of sp³-hybridized carbons (Fsp3) is 1.00. The summed E-state index contributed by atoms with van der Waals surface area (Å²) in [6.45, 7) is 4.28. The normalized spacial score (nSPS) is 20.8. The van der Waals surface area contributed by atoms with E-state index in [0.29, 0.717) is 12.1 Å². The minimum Gasteiger partial charge on any atom is -0.380 e. The molecule has 1 saturated carbocycles. The molecule has 0 aliphatic heterocycles. The number of nitrogens with one attached hydrogen (secondary N) is 1. The van der Waals surface area contributed by atoms with Crippen LogP contribution < -0.4 is 5.32 Å². The molecule has 0 spiro atoms. The maximum Gasteiger partial charge on any atom is 0.0752 e. The zero-order valence-corrected chi connectivity index (χ0v) is 11.4. The topological polar surface area (TPSA) is 30.5 Å². The third-order valence-corrected chi connectivity index (χ3v) is 3.74. The molecule has 0 bridgehead atoms. The van der Waals surface area contributed by atoms with Gasteiger partial charge in [-0.3, -0.25) is 0 Å². The summed E-state index contributed by atoms with van der Waals surface area (Å²) in [5, 5.41) is 3.39. The summed E-state index contributed by atoms with van der Waals surface area (Å²) in [4.78, 5) is 0. The monoisotopic (exact) mass is 229 g/mol. The van der Waals surface area contributed by atoms with Gasteiger partial charge >= 0.3 is 0 Å². The highest BCUT2D eigenvalue weighted by molar-refractivity contribution is 4.90. The van der Waals surface area contributed by atoms with Gasteiger partial charge in [-0.25, -0.2) is 0 Å². The lowest BCUT2D eigenvalue weighted by atomic mass is 9.94. The van der Waals surface area contributed by atoms with Gasteiger partial charge in [-0.2, -0.15) is 0 Å². The van der Waals surface area contributed by atoms with Gasteiger partial charge in [-0.05, 0) is 52.5 Å². The molecule has 0 aromatic rings. The Hall–Kier alpha value is -0.120. The smallest absolute Gasteiger partial charge is 0.0752 e. The molecule has 3 nitrogen and oxygen atoms in total. The summed E-state index contributed by atoms with van der Waals surface area (Å²) >= 11 is 0. The van der Waals surface area contributed by atoms with Crippen molar-refractivity contribution in [2.75, 3.05) is 21.3 Å². The standard InChI is InChI=1S/C13H27NO2/c1-13(2,16-5)9-8-11(14-3)12(15-4)10-6-7-10/h10-12,14H,6-9H2,1-5H3. The van der Waals surface area contributed by atoms with Crippen LogP contribution in [-0.2, 0) is 9.47 Å². The van der Waals surface area contributed by atoms with E-state index >= 15 is 0 Å². The minimum absolute atomic E-state index is 0.0308. The van der Waals surface area contributed by atoms with E-state index < -0.39 is 0 Å². The van der Waals surface area contributed by atoms with Gasteiger partial charge in [0, 0.05) is 20.3 Å². The van der Waals surface area contributed by atoms with Crippen LogP contribution in [0.1, 0.15) is 39.5 Å². The van der Waals surface area contributed by atoms with Crippen LogP contribution in [0.3, 0.4) is 0 Å². The first-order chi connectivity index (χ1) is 7.54. The number of likely N-dealkylation sites (N-methyl/N-ethyl adjacent to an activating group) is 1. The molecule has 96 valence electrons. The van der Waals surface area contributed by atoms with Gasteiger partial charge in [0.2, 0.25) is 0 Å². The summed E-state index contributed by atoms with van der Waals surface area (Å²) in [6.07, 6.45) is 5.18. The number of ether oxygens (including phenoxy) is 2. The second-order valence-electron chi connectivity index (χ2n) is 5.44. The quantitative estimate of drug-likeness (QED) is 0.692. The van der Waals surface area contributed by atoms with Crippen LogP contribution in [0.2, 0.25) is 0 Å². The Kier molecular flexibility index (Phi) is 5.22. The highest BCUT2D eigenvalue weighted by Gasteiger charge is 2.36. The van der Waals surface area contributed by atoms with Gasteiger partial charge in [-0.1, -0.05) is 0 Å². The third-order valence-electron chi connectivity index (χ3n) is 3.74. The Bertz CT molecular complexity index is 202. The molecule has 1 aliphatic rings. The van der Waals surface area contributed by atoms with Crippen molar-refractivity contribution in [3.05, 3.63) is 0 Å². The lowest BCUT2D eigenvalue weighted by Gasteiger charge is -2.30. The van der Waals surface area contributed by atoms with E-state index in [-0.39, 0.29) is 5.60 Å². The van der Waals surface area contributed by atoms with Crippen LogP contribution in [0, 0.1) is 5.92 Å². The average Bonchev–Trinajstić information content (AvgIpc) is 3.08. The molecule has 0 aromatic heterocycles. The Morgan fingerprint density at radius 1 is 1.31 bits per heavy atom. The van der Waals surface area contributed by atoms with Crippen LogP contribution in [0.4, 0.5) is 0 Å². The first-order valence-corrected chi connectivity index (χ1v) is 6.29. The molecule has 1 rings (SSSR count). The zero-order chi connectivity index (χ0) is 12.2. The van der Waals surface area contributed by atoms with Crippen LogP contribution in [0.25, 0.3) is 0 Å². The van der Waals surface area contributed by atoms with Gasteiger partial charge in [0.15, 0.2) is 0 Å². The summed E-state index contributed by atoms with van der Waals surface area (Å²) in [6, 6.07) is 0.451. The van der Waals surface area contributed by atoms with Gasteiger partial charge in [-0.15, -0.1) is 0 Å². The van der Waals surface area contributed by atoms with E-state index in [1.165, 1.54) is 12.8 Å². The molecule has 3 heteroatoms. The van der Waals surface area contributed by atoms with Crippen molar-refractivity contribution in [1.29, 1.82) is 0 Å². The molecule has 0 aromatic carbocycles. The predicted molar refractivity (Wildman–Crippen MR) is 66.7 cm³/mol. The largest absolute Gasteiger partial charge is 0.380 e. The lowest BCUT2D eigenvalue weighted by molar-refractivity contribution is -0.0000858. The van der Waals surface area contributed by atoms with Gasteiger partial charge in [0.25, 0.3) is 0 Å². The van der Waals surface area contributed by atoms with Crippen molar-refractivity contribution in [3.63, 3.8) is 0 Å². The van der Waals surface area contributed by atoms with Gasteiger partial charge in [0.1, 0.15) is 0 Å². The third kappa shape index (κ3) is 4.04. The van der Waals surface area contributed by atoms with Crippen molar-refractivity contribution >= 4 is 0 Å². The van der Waals surface area contributed by atoms with Crippen LogP contribution in [-0.4, -0.2) is 39.0 Å². The molecule has 1 N–H and O–H groups in total. The van der Waals surface area contributed by atoms with Crippen molar-refractivity contribution in [2.24, 2.45) is 5.92 Å². The molecule has 2 unspecified atom stereocenters. The second-order valence-corrected chi connectivity index (χ2v) is 5.44. The highest BCUT2D eigenvalue weighted by atomic mass is 16.5. The average molecular weight is 229 g/mol. The van der Waals surface area contributed by atoms with Crippen LogP contribution in [0.5, 0.6) is 0 Å².